The van der Waals surface area contributed by atoms with Crippen LogP contribution in [-0.4, -0.2) is 46.3 Å². The van der Waals surface area contributed by atoms with Crippen LogP contribution < -0.4 is 9.64 Å². The lowest BCUT2D eigenvalue weighted by atomic mass is 9.82. The van der Waals surface area contributed by atoms with Crippen molar-refractivity contribution >= 4 is 23.3 Å². The van der Waals surface area contributed by atoms with E-state index in [-0.39, 0.29) is 23.7 Å². The van der Waals surface area contributed by atoms with E-state index in [1.54, 1.807) is 24.5 Å². The first-order chi connectivity index (χ1) is 19.2. The topological polar surface area (TPSA) is 84.8 Å². The fourth-order valence-electron chi connectivity index (χ4n) is 5.03. The standard InChI is InChI=1S/C32H39ClFN3O4/c1-20-26(28(30(38)39)41-31(2,3)4)27(37-13-11-32(5,6)12-14-37)24(19-35-20)22-17-25(33)29(36-18-22)40-15-10-21-8-7-9-23(34)16-21/h7-9,16-19,28H,10-15H2,1-6H3,(H,38,39)/t28-/m0/s1. The van der Waals surface area contributed by atoms with Gasteiger partial charge in [-0.25, -0.2) is 14.2 Å². The summed E-state index contributed by atoms with van der Waals surface area (Å²) in [6, 6.07) is 8.14. The molecule has 0 bridgehead atoms. The molecule has 1 aliphatic heterocycles. The molecule has 0 spiro atoms. The van der Waals surface area contributed by atoms with E-state index in [0.717, 1.165) is 42.7 Å². The predicted molar refractivity (Wildman–Crippen MR) is 159 cm³/mol. The van der Waals surface area contributed by atoms with E-state index in [4.69, 9.17) is 21.1 Å². The van der Waals surface area contributed by atoms with Gasteiger partial charge < -0.3 is 19.5 Å². The SMILES string of the molecule is Cc1ncc(-c2cnc(OCCc3cccc(F)c3)c(Cl)c2)c(N2CCC(C)(C)CC2)c1[C@H](OC(C)(C)C)C(=O)O. The van der Waals surface area contributed by atoms with Gasteiger partial charge in [0, 0.05) is 54.3 Å². The molecule has 0 saturated carbocycles. The van der Waals surface area contributed by atoms with E-state index in [0.29, 0.717) is 28.3 Å². The van der Waals surface area contributed by atoms with Crippen LogP contribution >= 0.6 is 11.6 Å². The van der Waals surface area contributed by atoms with Crippen molar-refractivity contribution in [3.8, 4) is 17.0 Å². The average Bonchev–Trinajstić information content (AvgIpc) is 2.88. The maximum absolute atomic E-state index is 13.5. The van der Waals surface area contributed by atoms with E-state index >= 15 is 0 Å². The van der Waals surface area contributed by atoms with Crippen LogP contribution in [0.2, 0.25) is 5.02 Å². The van der Waals surface area contributed by atoms with Gasteiger partial charge >= 0.3 is 5.97 Å². The van der Waals surface area contributed by atoms with Crippen molar-refractivity contribution in [1.29, 1.82) is 0 Å². The Morgan fingerprint density at radius 3 is 2.49 bits per heavy atom. The quantitative estimate of drug-likeness (QED) is 0.280. The molecule has 0 unspecified atom stereocenters. The molecule has 0 radical (unpaired) electrons. The zero-order valence-corrected chi connectivity index (χ0v) is 25.4. The van der Waals surface area contributed by atoms with Crippen LogP contribution in [0, 0.1) is 18.2 Å². The molecule has 1 aromatic carbocycles. The molecule has 9 heteroatoms. The Bertz CT molecular complexity index is 1400. The van der Waals surface area contributed by atoms with Crippen LogP contribution in [0.1, 0.15) is 70.4 Å². The number of piperidine rings is 1. The van der Waals surface area contributed by atoms with Gasteiger partial charge in [-0.2, -0.15) is 0 Å². The number of pyridine rings is 2. The van der Waals surface area contributed by atoms with Gasteiger partial charge in [-0.1, -0.05) is 37.6 Å². The zero-order valence-electron chi connectivity index (χ0n) is 24.6. The molecular formula is C32H39ClFN3O4. The largest absolute Gasteiger partial charge is 0.479 e. The molecule has 0 aliphatic carbocycles. The monoisotopic (exact) mass is 583 g/mol. The Labute approximate surface area is 246 Å². The smallest absolute Gasteiger partial charge is 0.337 e. The third-order valence-corrected chi connectivity index (χ3v) is 7.59. The number of hydrogen-bond acceptors (Lipinski definition) is 6. The van der Waals surface area contributed by atoms with Crippen molar-refractivity contribution in [2.45, 2.75) is 72.5 Å². The Morgan fingerprint density at radius 2 is 1.88 bits per heavy atom. The van der Waals surface area contributed by atoms with Gasteiger partial charge in [0.15, 0.2) is 6.10 Å². The molecule has 2 aromatic heterocycles. The number of aliphatic carboxylic acids is 1. The molecule has 3 aromatic rings. The average molecular weight is 584 g/mol. The number of rotatable bonds is 9. The predicted octanol–water partition coefficient (Wildman–Crippen LogP) is 7.43. The van der Waals surface area contributed by atoms with Crippen LogP contribution in [0.15, 0.2) is 42.7 Å². The van der Waals surface area contributed by atoms with Gasteiger partial charge in [0.05, 0.1) is 17.9 Å². The van der Waals surface area contributed by atoms with Crippen LogP contribution in [0.25, 0.3) is 11.1 Å². The van der Waals surface area contributed by atoms with Crippen molar-refractivity contribution in [3.05, 3.63) is 70.4 Å². The summed E-state index contributed by atoms with van der Waals surface area (Å²) < 4.78 is 25.4. The van der Waals surface area contributed by atoms with Crippen LogP contribution in [0.5, 0.6) is 5.88 Å². The molecule has 1 atom stereocenters. The molecule has 220 valence electrons. The van der Waals surface area contributed by atoms with Crippen LogP contribution in [-0.2, 0) is 16.0 Å². The van der Waals surface area contributed by atoms with Crippen LogP contribution in [0.3, 0.4) is 0 Å². The van der Waals surface area contributed by atoms with Crippen molar-refractivity contribution in [2.24, 2.45) is 5.41 Å². The highest BCUT2D eigenvalue weighted by atomic mass is 35.5. The van der Waals surface area contributed by atoms with Crippen molar-refractivity contribution in [1.82, 2.24) is 9.97 Å². The number of hydrogen-bond donors (Lipinski definition) is 1. The highest BCUT2D eigenvalue weighted by Crippen LogP contribution is 2.44. The van der Waals surface area contributed by atoms with E-state index < -0.39 is 17.7 Å². The number of carboxylic acids is 1. The third kappa shape index (κ3) is 7.74. The summed E-state index contributed by atoms with van der Waals surface area (Å²) in [4.78, 5) is 23.9. The summed E-state index contributed by atoms with van der Waals surface area (Å²) in [7, 11) is 0. The highest BCUT2D eigenvalue weighted by Gasteiger charge is 2.36. The second kappa shape index (κ2) is 12.3. The lowest BCUT2D eigenvalue weighted by Gasteiger charge is -2.41. The Morgan fingerprint density at radius 1 is 1.17 bits per heavy atom. The molecule has 3 heterocycles. The van der Waals surface area contributed by atoms with Gasteiger partial charge in [-0.15, -0.1) is 0 Å². The van der Waals surface area contributed by atoms with Gasteiger partial charge in [0.2, 0.25) is 5.88 Å². The normalized spacial score (nSPS) is 16.0. The Kier molecular flexibility index (Phi) is 9.24. The minimum absolute atomic E-state index is 0.197. The van der Waals surface area contributed by atoms with Gasteiger partial charge in [-0.05, 0) is 69.7 Å². The summed E-state index contributed by atoms with van der Waals surface area (Å²) in [5.74, 6) is -1.09. The second-order valence-electron chi connectivity index (χ2n) is 12.4. The van der Waals surface area contributed by atoms with Gasteiger partial charge in [0.1, 0.15) is 10.8 Å². The van der Waals surface area contributed by atoms with E-state index in [2.05, 4.69) is 28.7 Å². The first-order valence-corrected chi connectivity index (χ1v) is 14.3. The number of aryl methyl sites for hydroxylation is 1. The minimum atomic E-state index is -1.21. The molecule has 1 fully saturated rings. The summed E-state index contributed by atoms with van der Waals surface area (Å²) in [6.07, 6.45) is 4.63. The second-order valence-corrected chi connectivity index (χ2v) is 12.8. The molecule has 1 saturated heterocycles. The molecular weight excluding hydrogens is 545 g/mol. The number of anilines is 1. The van der Waals surface area contributed by atoms with E-state index in [9.17, 15) is 14.3 Å². The number of benzene rings is 1. The van der Waals surface area contributed by atoms with Gasteiger partial charge in [0.25, 0.3) is 0 Å². The van der Waals surface area contributed by atoms with Gasteiger partial charge in [-0.3, -0.25) is 4.98 Å². The Balaban J connectivity index is 1.72. The maximum Gasteiger partial charge on any atom is 0.337 e. The molecule has 7 nitrogen and oxygen atoms in total. The van der Waals surface area contributed by atoms with Crippen LogP contribution in [0.4, 0.5) is 10.1 Å². The fourth-order valence-corrected chi connectivity index (χ4v) is 5.25. The molecule has 41 heavy (non-hydrogen) atoms. The minimum Gasteiger partial charge on any atom is -0.479 e. The summed E-state index contributed by atoms with van der Waals surface area (Å²) in [6.45, 7) is 13.7. The zero-order chi connectivity index (χ0) is 29.9. The number of nitrogens with zero attached hydrogens (tertiary/aromatic N) is 3. The molecule has 1 aliphatic rings. The molecule has 0 amide bonds. The highest BCUT2D eigenvalue weighted by molar-refractivity contribution is 6.32. The number of halogens is 2. The number of aromatic nitrogens is 2. The third-order valence-electron chi connectivity index (χ3n) is 7.32. The van der Waals surface area contributed by atoms with Crippen molar-refractivity contribution in [3.63, 3.8) is 0 Å². The van der Waals surface area contributed by atoms with E-state index in [1.807, 2.05) is 33.8 Å². The number of ether oxygens (including phenoxy) is 2. The summed E-state index contributed by atoms with van der Waals surface area (Å²) >= 11 is 6.63. The number of carboxylic acid groups (broad SMARTS) is 1. The first-order valence-electron chi connectivity index (χ1n) is 13.9. The summed E-state index contributed by atoms with van der Waals surface area (Å²) in [5, 5.41) is 10.6. The first kappa shape index (κ1) is 30.7. The lowest BCUT2D eigenvalue weighted by Crippen LogP contribution is -2.39. The lowest BCUT2D eigenvalue weighted by molar-refractivity contribution is -0.160. The van der Waals surface area contributed by atoms with Crippen molar-refractivity contribution in [2.75, 3.05) is 24.6 Å². The van der Waals surface area contributed by atoms with E-state index in [1.165, 1.54) is 12.1 Å². The fraction of sp³-hybridized carbons (Fsp3) is 0.469. The maximum atomic E-state index is 13.5. The molecule has 1 N–H and O–H groups in total. The Hall–Kier alpha value is -3.23. The summed E-state index contributed by atoms with van der Waals surface area (Å²) in [5.41, 5.74) is 3.66. The molecule has 4 rings (SSSR count). The van der Waals surface area contributed by atoms with Crippen molar-refractivity contribution < 1.29 is 23.8 Å². The number of carbonyl (C=O) groups is 1.